The van der Waals surface area contributed by atoms with Crippen molar-refractivity contribution in [1.82, 2.24) is 0 Å². The third kappa shape index (κ3) is 2.74. The molecule has 1 heteroatoms. The Morgan fingerprint density at radius 1 is 0.737 bits per heavy atom. The average Bonchev–Trinajstić information content (AvgIpc) is 2.96. The van der Waals surface area contributed by atoms with Gasteiger partial charge in [-0.3, -0.25) is 0 Å². The van der Waals surface area contributed by atoms with Crippen molar-refractivity contribution in [3.05, 3.63) is 91.5 Å². The molecule has 0 unspecified atom stereocenters. The van der Waals surface area contributed by atoms with Crippen molar-refractivity contribution in [2.24, 2.45) is 0 Å². The Bertz CT molecular complexity index is 526. The third-order valence-electron chi connectivity index (χ3n) is 3.27. The van der Waals surface area contributed by atoms with E-state index in [9.17, 15) is 0 Å². The van der Waals surface area contributed by atoms with Crippen LogP contribution in [0.25, 0.3) is 0 Å². The fraction of sp³-hybridized carbons (Fsp3) is 0.0556. The topological polar surface area (TPSA) is 0 Å². The van der Waals surface area contributed by atoms with Crippen LogP contribution in [-0.2, 0) is 0 Å². The Balaban J connectivity index is 2.04. The summed E-state index contributed by atoms with van der Waals surface area (Å²) in [5.41, 5.74) is 2.80. The summed E-state index contributed by atoms with van der Waals surface area (Å²) in [4.78, 5) is 0. The van der Waals surface area contributed by atoms with Gasteiger partial charge in [0.05, 0.1) is 0 Å². The Labute approximate surface area is 117 Å². The molecule has 1 aliphatic carbocycles. The number of hydrogen-bond acceptors (Lipinski definition) is 0. The molecule has 0 amide bonds. The van der Waals surface area contributed by atoms with Crippen molar-refractivity contribution in [3.63, 3.8) is 0 Å². The van der Waals surface area contributed by atoms with Crippen LogP contribution in [0.3, 0.4) is 0 Å². The fourth-order valence-electron chi connectivity index (χ4n) is 2.33. The normalized spacial score (nSPS) is 17.5. The van der Waals surface area contributed by atoms with E-state index in [-0.39, 0.29) is 0 Å². The van der Waals surface area contributed by atoms with E-state index in [2.05, 4.69) is 87.2 Å². The predicted octanol–water partition coefficient (Wildman–Crippen LogP) is 3.79. The summed E-state index contributed by atoms with van der Waals surface area (Å²) in [6, 6.07) is 19.6. The third-order valence-corrected chi connectivity index (χ3v) is 5.89. The van der Waals surface area contributed by atoms with Crippen LogP contribution in [0.1, 0.15) is 5.56 Å². The van der Waals surface area contributed by atoms with Crippen molar-refractivity contribution in [1.29, 1.82) is 0 Å². The van der Waals surface area contributed by atoms with Crippen LogP contribution in [0, 0.1) is 38.3 Å². The maximum absolute atomic E-state index is 2.26. The van der Waals surface area contributed by atoms with E-state index in [0.29, 0.717) is 0 Å². The Kier molecular flexibility index (Phi) is 3.99. The molecule has 0 heterocycles. The Morgan fingerprint density at radius 2 is 1.37 bits per heavy atom. The molecule has 1 fully saturated rings. The van der Waals surface area contributed by atoms with Gasteiger partial charge >= 0.3 is 0 Å². The summed E-state index contributed by atoms with van der Waals surface area (Å²) in [6.07, 6.45) is 8.74. The van der Waals surface area contributed by atoms with E-state index in [1.807, 2.05) is 0 Å². The first-order chi connectivity index (χ1) is 9.36. The second-order valence-corrected chi connectivity index (χ2v) is 6.79. The second kappa shape index (κ2) is 5.88. The van der Waals surface area contributed by atoms with Gasteiger partial charge in [-0.2, -0.15) is 0 Å². The summed E-state index contributed by atoms with van der Waals surface area (Å²) < 4.78 is 0. The lowest BCUT2D eigenvalue weighted by atomic mass is 10.2. The molecule has 5 radical (unpaired) electrons. The lowest BCUT2D eigenvalue weighted by Gasteiger charge is -2.25. The van der Waals surface area contributed by atoms with Crippen molar-refractivity contribution >= 4 is 18.5 Å². The molecule has 0 aromatic heterocycles. The van der Waals surface area contributed by atoms with Crippen LogP contribution in [0.5, 0.6) is 0 Å². The highest BCUT2D eigenvalue weighted by atomic mass is 31.1. The van der Waals surface area contributed by atoms with E-state index in [4.69, 9.17) is 0 Å². The first-order valence-electron chi connectivity index (χ1n) is 6.49. The van der Waals surface area contributed by atoms with Gasteiger partial charge in [0.25, 0.3) is 0 Å². The minimum Gasteiger partial charge on any atom is -0.0622 e. The van der Waals surface area contributed by atoms with Gasteiger partial charge in [-0.15, -0.1) is 0 Å². The summed E-state index contributed by atoms with van der Waals surface area (Å²) >= 11 is 0. The van der Waals surface area contributed by atoms with E-state index in [1.54, 1.807) is 0 Å². The van der Waals surface area contributed by atoms with Crippen LogP contribution in [0.4, 0.5) is 0 Å². The van der Waals surface area contributed by atoms with Crippen molar-refractivity contribution in [2.45, 2.75) is 6.92 Å². The highest BCUT2D eigenvalue weighted by molar-refractivity contribution is 7.76. The molecule has 0 aliphatic heterocycles. The Morgan fingerprint density at radius 3 is 2.05 bits per heavy atom. The first-order valence-corrected chi connectivity index (χ1v) is 7.83. The highest BCUT2D eigenvalue weighted by Crippen LogP contribution is 2.52. The standard InChI is InChI=1S/C18H16P/c1-15-9-5-8-14-18(15)19(17-12-6-7-13-17)16-10-3-2-4-11-16/h2-14H,1H3/t19-/m0/s1. The summed E-state index contributed by atoms with van der Waals surface area (Å²) in [6.45, 7) is 2.20. The fourth-order valence-corrected chi connectivity index (χ4v) is 4.79. The molecule has 3 rings (SSSR count). The summed E-state index contributed by atoms with van der Waals surface area (Å²) in [7, 11) is -0.430. The van der Waals surface area contributed by atoms with Crippen molar-refractivity contribution in [2.75, 3.05) is 0 Å². The SMILES string of the molecule is Cc1ccccc1[P@]([C]1[CH][CH][CH][CH]1)c1ccccc1. The van der Waals surface area contributed by atoms with Crippen LogP contribution in [0.2, 0.25) is 0 Å². The zero-order valence-electron chi connectivity index (χ0n) is 11.0. The zero-order chi connectivity index (χ0) is 13.1. The van der Waals surface area contributed by atoms with Crippen molar-refractivity contribution < 1.29 is 0 Å². The van der Waals surface area contributed by atoms with Gasteiger partial charge in [0.2, 0.25) is 0 Å². The second-order valence-electron chi connectivity index (χ2n) is 4.60. The van der Waals surface area contributed by atoms with Gasteiger partial charge in [0.15, 0.2) is 0 Å². The van der Waals surface area contributed by atoms with Gasteiger partial charge in [-0.25, -0.2) is 0 Å². The number of aryl methyl sites for hydroxylation is 1. The van der Waals surface area contributed by atoms with Crippen LogP contribution < -0.4 is 10.6 Å². The van der Waals surface area contributed by atoms with Crippen LogP contribution in [0.15, 0.2) is 54.6 Å². The molecule has 1 aliphatic rings. The molecule has 0 bridgehead atoms. The molecule has 2 aromatic carbocycles. The number of rotatable bonds is 3. The molecule has 0 spiro atoms. The largest absolute Gasteiger partial charge is 0.0622 e. The molecule has 93 valence electrons. The predicted molar refractivity (Wildman–Crippen MR) is 84.3 cm³/mol. The summed E-state index contributed by atoms with van der Waals surface area (Å²) in [5, 5.41) is 2.87. The van der Waals surface area contributed by atoms with E-state index in [1.165, 1.54) is 21.8 Å². The molecule has 19 heavy (non-hydrogen) atoms. The maximum Gasteiger partial charge on any atom is 0.0161 e. The number of hydrogen-bond donors (Lipinski definition) is 0. The molecular formula is C18H16P. The van der Waals surface area contributed by atoms with Gasteiger partial charge < -0.3 is 0 Å². The zero-order valence-corrected chi connectivity index (χ0v) is 11.8. The average molecular weight is 263 g/mol. The molecular weight excluding hydrogens is 247 g/mol. The van der Waals surface area contributed by atoms with Gasteiger partial charge in [-0.05, 0) is 56.7 Å². The quantitative estimate of drug-likeness (QED) is 0.739. The number of benzene rings is 2. The van der Waals surface area contributed by atoms with Crippen LogP contribution in [-0.4, -0.2) is 0 Å². The first kappa shape index (κ1) is 12.9. The highest BCUT2D eigenvalue weighted by Gasteiger charge is 2.29. The van der Waals surface area contributed by atoms with Crippen molar-refractivity contribution in [3.8, 4) is 0 Å². The lowest BCUT2D eigenvalue weighted by Crippen LogP contribution is -2.18. The molecule has 0 nitrogen and oxygen atoms in total. The van der Waals surface area contributed by atoms with Gasteiger partial charge in [-0.1, -0.05) is 54.6 Å². The van der Waals surface area contributed by atoms with E-state index < -0.39 is 7.92 Å². The monoisotopic (exact) mass is 263 g/mol. The lowest BCUT2D eigenvalue weighted by molar-refractivity contribution is 1.49. The minimum absolute atomic E-state index is 0.430. The van der Waals surface area contributed by atoms with Crippen LogP contribution >= 0.6 is 7.92 Å². The Hall–Kier alpha value is -1.13. The minimum atomic E-state index is -0.430. The smallest absolute Gasteiger partial charge is 0.0161 e. The molecule has 1 atom stereocenters. The molecule has 0 N–H and O–H groups in total. The molecule has 1 saturated carbocycles. The summed E-state index contributed by atoms with van der Waals surface area (Å²) in [5.74, 6) is 0. The molecule has 0 saturated heterocycles. The van der Waals surface area contributed by atoms with Gasteiger partial charge in [0.1, 0.15) is 0 Å². The molecule has 2 aromatic rings. The van der Waals surface area contributed by atoms with E-state index >= 15 is 0 Å². The van der Waals surface area contributed by atoms with Gasteiger partial charge in [0, 0.05) is 5.66 Å². The van der Waals surface area contributed by atoms with E-state index in [0.717, 1.165) is 0 Å². The maximum atomic E-state index is 2.26.